The molecule has 0 radical (unpaired) electrons. The van der Waals surface area contributed by atoms with Gasteiger partial charge in [0.15, 0.2) is 0 Å². The molecular weight excluding hydrogens is 218 g/mol. The molecule has 1 heterocycles. The molecular formula is C8H14BrN3. The molecule has 1 aromatic heterocycles. The summed E-state index contributed by atoms with van der Waals surface area (Å²) >= 11 is 3.41. The number of H-pyrrole nitrogens is 1. The van der Waals surface area contributed by atoms with Gasteiger partial charge in [-0.25, -0.2) is 0 Å². The lowest BCUT2D eigenvalue weighted by Gasteiger charge is -2.21. The number of nitrogens with one attached hydrogen (secondary N) is 1. The Labute approximate surface area is 80.9 Å². The SMILES string of the molecule is CC(C)(CN)Cc1[nH]ncc1Br. The number of rotatable bonds is 3. The smallest absolute Gasteiger partial charge is 0.0632 e. The van der Waals surface area contributed by atoms with Crippen molar-refractivity contribution in [2.45, 2.75) is 20.3 Å². The average Bonchev–Trinajstić information content (AvgIpc) is 2.36. The maximum atomic E-state index is 5.62. The van der Waals surface area contributed by atoms with E-state index in [4.69, 9.17) is 5.73 Å². The van der Waals surface area contributed by atoms with Crippen LogP contribution in [0.3, 0.4) is 0 Å². The zero-order chi connectivity index (χ0) is 9.19. The van der Waals surface area contributed by atoms with Crippen molar-refractivity contribution in [2.75, 3.05) is 6.54 Å². The predicted octanol–water partition coefficient (Wildman–Crippen LogP) is 1.70. The molecule has 1 rings (SSSR count). The lowest BCUT2D eigenvalue weighted by atomic mass is 9.88. The van der Waals surface area contributed by atoms with Crippen molar-refractivity contribution in [3.8, 4) is 0 Å². The van der Waals surface area contributed by atoms with Crippen LogP contribution in [0.15, 0.2) is 10.7 Å². The van der Waals surface area contributed by atoms with E-state index >= 15 is 0 Å². The van der Waals surface area contributed by atoms with E-state index in [2.05, 4.69) is 40.0 Å². The van der Waals surface area contributed by atoms with Gasteiger partial charge >= 0.3 is 0 Å². The molecule has 0 saturated carbocycles. The van der Waals surface area contributed by atoms with Crippen LogP contribution in [-0.2, 0) is 6.42 Å². The first kappa shape index (κ1) is 9.74. The number of nitrogens with zero attached hydrogens (tertiary/aromatic N) is 1. The number of aromatic amines is 1. The third-order valence-electron chi connectivity index (χ3n) is 1.87. The number of aromatic nitrogens is 2. The molecule has 0 unspecified atom stereocenters. The van der Waals surface area contributed by atoms with Crippen LogP contribution in [0.4, 0.5) is 0 Å². The Morgan fingerprint density at radius 1 is 1.67 bits per heavy atom. The van der Waals surface area contributed by atoms with Crippen LogP contribution in [0.25, 0.3) is 0 Å². The second-order valence-corrected chi connectivity index (χ2v) is 4.60. The van der Waals surface area contributed by atoms with Gasteiger partial charge in [-0.1, -0.05) is 13.8 Å². The first-order chi connectivity index (χ1) is 5.55. The lowest BCUT2D eigenvalue weighted by Crippen LogP contribution is -2.26. The van der Waals surface area contributed by atoms with E-state index in [1.54, 1.807) is 6.20 Å². The van der Waals surface area contributed by atoms with Crippen LogP contribution in [0, 0.1) is 5.41 Å². The summed E-state index contributed by atoms with van der Waals surface area (Å²) < 4.78 is 1.03. The topological polar surface area (TPSA) is 54.7 Å². The number of hydrogen-bond acceptors (Lipinski definition) is 2. The highest BCUT2D eigenvalue weighted by atomic mass is 79.9. The zero-order valence-electron chi connectivity index (χ0n) is 7.39. The molecule has 0 spiro atoms. The Morgan fingerprint density at radius 3 is 2.75 bits per heavy atom. The summed E-state index contributed by atoms with van der Waals surface area (Å²) in [5, 5.41) is 6.87. The molecule has 0 saturated heterocycles. The number of halogens is 1. The van der Waals surface area contributed by atoms with Gasteiger partial charge in [0.2, 0.25) is 0 Å². The monoisotopic (exact) mass is 231 g/mol. The normalized spacial score (nSPS) is 12.0. The van der Waals surface area contributed by atoms with Crippen LogP contribution >= 0.6 is 15.9 Å². The second kappa shape index (κ2) is 3.58. The Bertz CT molecular complexity index is 255. The maximum Gasteiger partial charge on any atom is 0.0632 e. The van der Waals surface area contributed by atoms with Gasteiger partial charge in [0.25, 0.3) is 0 Å². The third-order valence-corrected chi connectivity index (χ3v) is 2.56. The first-order valence-electron chi connectivity index (χ1n) is 3.93. The molecule has 1 aromatic rings. The number of nitrogens with two attached hydrogens (primary N) is 1. The minimum Gasteiger partial charge on any atom is -0.330 e. The van der Waals surface area contributed by atoms with E-state index in [1.165, 1.54) is 0 Å². The molecule has 0 bridgehead atoms. The Balaban J connectivity index is 2.70. The van der Waals surface area contributed by atoms with E-state index in [1.807, 2.05) is 0 Å². The van der Waals surface area contributed by atoms with Crippen molar-refractivity contribution in [2.24, 2.45) is 11.1 Å². The summed E-state index contributed by atoms with van der Waals surface area (Å²) in [5.41, 5.74) is 6.87. The first-order valence-corrected chi connectivity index (χ1v) is 4.72. The summed E-state index contributed by atoms with van der Waals surface area (Å²) in [7, 11) is 0. The largest absolute Gasteiger partial charge is 0.330 e. The van der Waals surface area contributed by atoms with E-state index in [-0.39, 0.29) is 5.41 Å². The van der Waals surface area contributed by atoms with Crippen LogP contribution in [-0.4, -0.2) is 16.7 Å². The molecule has 0 atom stereocenters. The van der Waals surface area contributed by atoms with E-state index in [0.29, 0.717) is 6.54 Å². The van der Waals surface area contributed by atoms with Crippen molar-refractivity contribution in [1.29, 1.82) is 0 Å². The highest BCUT2D eigenvalue weighted by molar-refractivity contribution is 9.10. The lowest BCUT2D eigenvalue weighted by molar-refractivity contribution is 0.372. The fourth-order valence-corrected chi connectivity index (χ4v) is 1.30. The van der Waals surface area contributed by atoms with Gasteiger partial charge < -0.3 is 5.73 Å². The molecule has 0 aliphatic rings. The van der Waals surface area contributed by atoms with Crippen molar-refractivity contribution >= 4 is 15.9 Å². The Morgan fingerprint density at radius 2 is 2.33 bits per heavy atom. The van der Waals surface area contributed by atoms with E-state index in [0.717, 1.165) is 16.6 Å². The maximum absolute atomic E-state index is 5.62. The predicted molar refractivity (Wildman–Crippen MR) is 52.8 cm³/mol. The van der Waals surface area contributed by atoms with Gasteiger partial charge in [0, 0.05) is 5.69 Å². The molecule has 0 amide bonds. The van der Waals surface area contributed by atoms with Crippen LogP contribution in [0.5, 0.6) is 0 Å². The van der Waals surface area contributed by atoms with Crippen molar-refractivity contribution < 1.29 is 0 Å². The zero-order valence-corrected chi connectivity index (χ0v) is 8.98. The van der Waals surface area contributed by atoms with Crippen molar-refractivity contribution in [3.05, 3.63) is 16.4 Å². The summed E-state index contributed by atoms with van der Waals surface area (Å²) in [6.45, 7) is 4.96. The van der Waals surface area contributed by atoms with Crippen LogP contribution in [0.1, 0.15) is 19.5 Å². The van der Waals surface area contributed by atoms with Gasteiger partial charge in [0.1, 0.15) is 0 Å². The second-order valence-electron chi connectivity index (χ2n) is 3.74. The molecule has 0 aliphatic heterocycles. The molecule has 3 nitrogen and oxygen atoms in total. The third kappa shape index (κ3) is 2.32. The molecule has 0 aliphatic carbocycles. The summed E-state index contributed by atoms with van der Waals surface area (Å²) in [6, 6.07) is 0. The quantitative estimate of drug-likeness (QED) is 0.833. The van der Waals surface area contributed by atoms with Gasteiger partial charge in [-0.2, -0.15) is 5.10 Å². The van der Waals surface area contributed by atoms with Crippen molar-refractivity contribution in [1.82, 2.24) is 10.2 Å². The molecule has 0 fully saturated rings. The average molecular weight is 232 g/mol. The number of hydrogen-bond donors (Lipinski definition) is 2. The Kier molecular flexibility index (Phi) is 2.90. The summed E-state index contributed by atoms with van der Waals surface area (Å²) in [5.74, 6) is 0. The summed E-state index contributed by atoms with van der Waals surface area (Å²) in [4.78, 5) is 0. The van der Waals surface area contributed by atoms with Crippen LogP contribution < -0.4 is 5.73 Å². The van der Waals surface area contributed by atoms with E-state index < -0.39 is 0 Å². The van der Waals surface area contributed by atoms with E-state index in [9.17, 15) is 0 Å². The standard InChI is InChI=1S/C8H14BrN3/c1-8(2,5-10)3-7-6(9)4-11-12-7/h4H,3,5,10H2,1-2H3,(H,11,12). The van der Waals surface area contributed by atoms with Gasteiger partial charge in [-0.15, -0.1) is 0 Å². The minimum absolute atomic E-state index is 0.134. The highest BCUT2D eigenvalue weighted by Crippen LogP contribution is 2.23. The van der Waals surface area contributed by atoms with Gasteiger partial charge in [0.05, 0.1) is 10.7 Å². The Hall–Kier alpha value is -0.350. The molecule has 4 heteroatoms. The van der Waals surface area contributed by atoms with Gasteiger partial charge in [-0.05, 0) is 34.3 Å². The fourth-order valence-electron chi connectivity index (χ4n) is 0.973. The summed E-state index contributed by atoms with van der Waals surface area (Å²) in [6.07, 6.45) is 2.69. The van der Waals surface area contributed by atoms with Gasteiger partial charge in [-0.3, -0.25) is 5.10 Å². The molecule has 68 valence electrons. The molecule has 12 heavy (non-hydrogen) atoms. The fraction of sp³-hybridized carbons (Fsp3) is 0.625. The molecule has 3 N–H and O–H groups in total. The molecule has 0 aromatic carbocycles. The van der Waals surface area contributed by atoms with Crippen molar-refractivity contribution in [3.63, 3.8) is 0 Å². The minimum atomic E-state index is 0.134. The van der Waals surface area contributed by atoms with Crippen LogP contribution in [0.2, 0.25) is 0 Å². The highest BCUT2D eigenvalue weighted by Gasteiger charge is 2.18.